The number of hydrogen-bond donors (Lipinski definition) is 0. The summed E-state index contributed by atoms with van der Waals surface area (Å²) >= 11 is 1.88. The summed E-state index contributed by atoms with van der Waals surface area (Å²) in [5, 5.41) is 2.71. The molecule has 10 aromatic rings. The Morgan fingerprint density at radius 3 is 1.43 bits per heavy atom. The van der Waals surface area contributed by atoms with E-state index in [4.69, 9.17) is 0 Å². The molecule has 1 aromatic heterocycles. The Labute approximate surface area is 397 Å². The summed E-state index contributed by atoms with van der Waals surface area (Å²) in [6, 6.07) is 79.9. The van der Waals surface area contributed by atoms with Gasteiger partial charge in [-0.05, 0) is 160 Å². The van der Waals surface area contributed by atoms with Crippen LogP contribution in [0.5, 0.6) is 0 Å². The predicted octanol–water partition coefficient (Wildman–Crippen LogP) is 18.4. The minimum absolute atomic E-state index is 0.956. The number of allylic oxidation sites excluding steroid dienone is 5. The van der Waals surface area contributed by atoms with Gasteiger partial charge in [0.05, 0.1) is 0 Å². The molecular weight excluding hydrogens is 829 g/mol. The molecule has 0 fully saturated rings. The van der Waals surface area contributed by atoms with E-state index in [0.29, 0.717) is 0 Å². The van der Waals surface area contributed by atoms with Gasteiger partial charge in [0.1, 0.15) is 0 Å². The third-order valence-electron chi connectivity index (χ3n) is 13.5. The summed E-state index contributed by atoms with van der Waals surface area (Å²) in [6.07, 6.45) is 13.4. The van der Waals surface area contributed by atoms with Gasteiger partial charge in [-0.2, -0.15) is 0 Å². The van der Waals surface area contributed by atoms with Crippen LogP contribution in [0.1, 0.15) is 36.0 Å². The van der Waals surface area contributed by atoms with Gasteiger partial charge >= 0.3 is 0 Å². The highest BCUT2D eigenvalue weighted by atomic mass is 32.1. The highest BCUT2D eigenvalue weighted by Crippen LogP contribution is 2.43. The molecule has 0 radical (unpaired) electrons. The SMILES string of the molecule is C1=Cc2cccc(N(C3=CC=C(c4ccc5sc6ccccc6c5c4)CC3)c3ccc(-c4ccc(N(c5ccc(-c6ccccc6)cc5)c5ccc(-c6ccccc6)cc5)cc4)cc3)c2CC1. The summed E-state index contributed by atoms with van der Waals surface area (Å²) in [5.74, 6) is 0. The lowest BCUT2D eigenvalue weighted by Crippen LogP contribution is -2.20. The van der Waals surface area contributed by atoms with Gasteiger partial charge in [-0.1, -0.05) is 164 Å². The van der Waals surface area contributed by atoms with Gasteiger partial charge in [-0.3, -0.25) is 0 Å². The Hall–Kier alpha value is -7.98. The van der Waals surface area contributed by atoms with Gasteiger partial charge in [0.2, 0.25) is 0 Å². The lowest BCUT2D eigenvalue weighted by atomic mass is 9.92. The van der Waals surface area contributed by atoms with Crippen molar-refractivity contribution in [1.29, 1.82) is 0 Å². The topological polar surface area (TPSA) is 6.48 Å². The first-order valence-corrected chi connectivity index (χ1v) is 24.2. The van der Waals surface area contributed by atoms with E-state index in [2.05, 4.69) is 252 Å². The average Bonchev–Trinajstić information content (AvgIpc) is 3.79. The fourth-order valence-electron chi connectivity index (χ4n) is 10.0. The third kappa shape index (κ3) is 7.98. The number of thiophene rings is 1. The number of fused-ring (bicyclic) bond motifs is 4. The van der Waals surface area contributed by atoms with Crippen molar-refractivity contribution in [3.63, 3.8) is 0 Å². The number of benzene rings is 9. The lowest BCUT2D eigenvalue weighted by molar-refractivity contribution is 0.913. The van der Waals surface area contributed by atoms with Crippen molar-refractivity contribution in [3.05, 3.63) is 259 Å². The van der Waals surface area contributed by atoms with E-state index in [1.165, 1.54) is 92.9 Å². The number of anilines is 5. The maximum absolute atomic E-state index is 2.53. The molecular formula is C64H48N2S. The second-order valence-electron chi connectivity index (χ2n) is 17.5. The molecule has 9 aromatic carbocycles. The fraction of sp³-hybridized carbons (Fsp3) is 0.0625. The summed E-state index contributed by atoms with van der Waals surface area (Å²) in [4.78, 5) is 4.88. The Morgan fingerprint density at radius 1 is 0.358 bits per heavy atom. The summed E-state index contributed by atoms with van der Waals surface area (Å²) in [5.41, 5.74) is 19.8. The van der Waals surface area contributed by atoms with E-state index < -0.39 is 0 Å². The van der Waals surface area contributed by atoms with Crippen LogP contribution in [0, 0.1) is 0 Å². The van der Waals surface area contributed by atoms with Crippen molar-refractivity contribution in [3.8, 4) is 33.4 Å². The molecule has 0 atom stereocenters. The highest BCUT2D eigenvalue weighted by molar-refractivity contribution is 7.25. The fourth-order valence-corrected chi connectivity index (χ4v) is 11.1. The maximum atomic E-state index is 2.53. The Morgan fingerprint density at radius 2 is 0.866 bits per heavy atom. The van der Waals surface area contributed by atoms with E-state index in [1.807, 2.05) is 11.3 Å². The first kappa shape index (κ1) is 40.5. The molecule has 0 amide bonds. The van der Waals surface area contributed by atoms with Crippen LogP contribution in [0.2, 0.25) is 0 Å². The molecule has 0 N–H and O–H groups in total. The molecule has 320 valence electrons. The first-order chi connectivity index (χ1) is 33.2. The highest BCUT2D eigenvalue weighted by Gasteiger charge is 2.23. The quantitative estimate of drug-likeness (QED) is 0.135. The molecule has 0 aliphatic heterocycles. The zero-order valence-corrected chi connectivity index (χ0v) is 38.0. The zero-order valence-electron chi connectivity index (χ0n) is 37.2. The Bertz CT molecular complexity index is 3390. The summed E-state index contributed by atoms with van der Waals surface area (Å²) in [6.45, 7) is 0. The molecule has 12 rings (SSSR count). The van der Waals surface area contributed by atoms with Crippen LogP contribution in [0.4, 0.5) is 28.4 Å². The van der Waals surface area contributed by atoms with E-state index in [-0.39, 0.29) is 0 Å². The maximum Gasteiger partial charge on any atom is 0.0496 e. The predicted molar refractivity (Wildman–Crippen MR) is 288 cm³/mol. The van der Waals surface area contributed by atoms with Crippen molar-refractivity contribution in [2.75, 3.05) is 9.80 Å². The van der Waals surface area contributed by atoms with E-state index in [1.54, 1.807) is 0 Å². The van der Waals surface area contributed by atoms with Crippen molar-refractivity contribution in [1.82, 2.24) is 0 Å². The standard InChI is InChI=1S/C64H48N2S/c1-3-12-45(13-4-1)47-22-33-54(34-23-47)65(55-35-24-48(25-36-55)46-14-5-2-6-15-46)56-37-26-49(27-38-56)50-28-39-57(40-29-50)66(62-20-11-17-52-16-7-8-18-59(52)62)58-41-30-51(31-42-58)53-32-43-64-61(44-53)60-19-9-10-21-63(60)67-64/h1-7,9-17,19-30,32-41,43-44H,8,18,31,42H2. The van der Waals surface area contributed by atoms with Crippen molar-refractivity contribution in [2.45, 2.75) is 25.7 Å². The van der Waals surface area contributed by atoms with Crippen LogP contribution in [-0.4, -0.2) is 0 Å². The van der Waals surface area contributed by atoms with Crippen molar-refractivity contribution in [2.24, 2.45) is 0 Å². The van der Waals surface area contributed by atoms with Crippen LogP contribution < -0.4 is 9.80 Å². The minimum Gasteiger partial charge on any atom is -0.314 e. The number of hydrogen-bond acceptors (Lipinski definition) is 3. The first-order valence-electron chi connectivity index (χ1n) is 23.4. The van der Waals surface area contributed by atoms with Gasteiger partial charge in [-0.15, -0.1) is 11.3 Å². The molecule has 67 heavy (non-hydrogen) atoms. The third-order valence-corrected chi connectivity index (χ3v) is 14.7. The lowest BCUT2D eigenvalue weighted by Gasteiger charge is -2.32. The van der Waals surface area contributed by atoms with Crippen LogP contribution >= 0.6 is 11.3 Å². The molecule has 2 nitrogen and oxygen atoms in total. The van der Waals surface area contributed by atoms with Crippen LogP contribution in [0.25, 0.3) is 65.2 Å². The zero-order chi connectivity index (χ0) is 44.5. The van der Waals surface area contributed by atoms with Gasteiger partial charge < -0.3 is 9.80 Å². The normalized spacial score (nSPS) is 13.3. The van der Waals surface area contributed by atoms with Gasteiger partial charge in [0, 0.05) is 54.3 Å². The second kappa shape index (κ2) is 17.8. The molecule has 2 aliphatic rings. The van der Waals surface area contributed by atoms with E-state index >= 15 is 0 Å². The monoisotopic (exact) mass is 876 g/mol. The molecule has 0 bridgehead atoms. The van der Waals surface area contributed by atoms with Gasteiger partial charge in [0.15, 0.2) is 0 Å². The second-order valence-corrected chi connectivity index (χ2v) is 18.6. The van der Waals surface area contributed by atoms with Crippen LogP contribution in [-0.2, 0) is 6.42 Å². The van der Waals surface area contributed by atoms with Crippen LogP contribution in [0.3, 0.4) is 0 Å². The molecule has 0 spiro atoms. The van der Waals surface area contributed by atoms with E-state index in [9.17, 15) is 0 Å². The molecule has 2 aliphatic carbocycles. The smallest absolute Gasteiger partial charge is 0.0496 e. The van der Waals surface area contributed by atoms with Crippen LogP contribution in [0.15, 0.2) is 242 Å². The molecule has 3 heteroatoms. The largest absolute Gasteiger partial charge is 0.314 e. The number of nitrogens with zero attached hydrogens (tertiary/aromatic N) is 2. The van der Waals surface area contributed by atoms with Gasteiger partial charge in [-0.25, -0.2) is 0 Å². The minimum atomic E-state index is 0.956. The molecule has 0 unspecified atom stereocenters. The Balaban J connectivity index is 0.863. The van der Waals surface area contributed by atoms with Crippen molar-refractivity contribution < 1.29 is 0 Å². The molecule has 0 saturated carbocycles. The van der Waals surface area contributed by atoms with E-state index in [0.717, 1.165) is 42.7 Å². The van der Waals surface area contributed by atoms with Gasteiger partial charge in [0.25, 0.3) is 0 Å². The summed E-state index contributed by atoms with van der Waals surface area (Å²) < 4.78 is 2.70. The number of rotatable bonds is 10. The summed E-state index contributed by atoms with van der Waals surface area (Å²) in [7, 11) is 0. The molecule has 0 saturated heterocycles. The van der Waals surface area contributed by atoms with Crippen molar-refractivity contribution >= 4 is 71.6 Å². The Kier molecular flexibility index (Phi) is 10.8. The molecule has 1 heterocycles. The average molecular weight is 877 g/mol.